The van der Waals surface area contributed by atoms with Crippen LogP contribution in [0.3, 0.4) is 0 Å². The number of carboxylic acid groups (broad SMARTS) is 1. The Labute approximate surface area is 109 Å². The summed E-state index contributed by atoms with van der Waals surface area (Å²) in [5, 5.41) is 16.3. The molecule has 0 bridgehead atoms. The average molecular weight is 270 g/mol. The Morgan fingerprint density at radius 3 is 2.44 bits per heavy atom. The molecule has 7 heteroatoms. The number of aromatic carboxylic acids is 1. The lowest BCUT2D eigenvalue weighted by atomic mass is 10.2. The molecule has 0 spiro atoms. The first-order valence-electron chi connectivity index (χ1n) is 5.19. The molecule has 0 atom stereocenters. The van der Waals surface area contributed by atoms with E-state index in [2.05, 4.69) is 10.2 Å². The summed E-state index contributed by atoms with van der Waals surface area (Å²) in [4.78, 5) is 22.0. The zero-order valence-corrected chi connectivity index (χ0v) is 11.2. The van der Waals surface area contributed by atoms with Gasteiger partial charge in [-0.1, -0.05) is 11.8 Å². The SMILES string of the molecule is CC(C)(C)OC(=O)CSc1ccc(C(=O)O)nn1. The van der Waals surface area contributed by atoms with Gasteiger partial charge < -0.3 is 9.84 Å². The molecule has 6 nitrogen and oxygen atoms in total. The molecule has 1 N–H and O–H groups in total. The number of carbonyl (C=O) groups excluding carboxylic acids is 1. The van der Waals surface area contributed by atoms with Crippen molar-refractivity contribution in [2.24, 2.45) is 0 Å². The summed E-state index contributed by atoms with van der Waals surface area (Å²) in [7, 11) is 0. The van der Waals surface area contributed by atoms with Crippen molar-refractivity contribution in [1.29, 1.82) is 0 Å². The van der Waals surface area contributed by atoms with Gasteiger partial charge in [0.2, 0.25) is 0 Å². The number of carbonyl (C=O) groups is 2. The van der Waals surface area contributed by atoms with Crippen molar-refractivity contribution in [1.82, 2.24) is 10.2 Å². The number of thioether (sulfide) groups is 1. The van der Waals surface area contributed by atoms with Crippen LogP contribution in [0.15, 0.2) is 17.2 Å². The largest absolute Gasteiger partial charge is 0.476 e. The molecule has 0 aliphatic heterocycles. The lowest BCUT2D eigenvalue weighted by Crippen LogP contribution is -2.24. The van der Waals surface area contributed by atoms with E-state index < -0.39 is 11.6 Å². The van der Waals surface area contributed by atoms with E-state index in [1.807, 2.05) is 0 Å². The van der Waals surface area contributed by atoms with Crippen molar-refractivity contribution in [2.45, 2.75) is 31.4 Å². The van der Waals surface area contributed by atoms with Crippen molar-refractivity contribution < 1.29 is 19.4 Å². The fraction of sp³-hybridized carbons (Fsp3) is 0.455. The molecular formula is C11H14N2O4S. The molecule has 1 rings (SSSR count). The van der Waals surface area contributed by atoms with Gasteiger partial charge in [0.1, 0.15) is 10.6 Å². The van der Waals surface area contributed by atoms with Crippen LogP contribution in [0.1, 0.15) is 31.3 Å². The van der Waals surface area contributed by atoms with Crippen LogP contribution in [0.5, 0.6) is 0 Å². The van der Waals surface area contributed by atoms with Crippen LogP contribution in [0.25, 0.3) is 0 Å². The van der Waals surface area contributed by atoms with Crippen molar-refractivity contribution in [2.75, 3.05) is 5.75 Å². The number of nitrogens with zero attached hydrogens (tertiary/aromatic N) is 2. The highest BCUT2D eigenvalue weighted by atomic mass is 32.2. The van der Waals surface area contributed by atoms with Gasteiger partial charge in [-0.05, 0) is 32.9 Å². The fourth-order valence-corrected chi connectivity index (χ4v) is 1.60. The molecule has 0 amide bonds. The summed E-state index contributed by atoms with van der Waals surface area (Å²) >= 11 is 1.15. The number of rotatable bonds is 4. The van der Waals surface area contributed by atoms with Crippen LogP contribution in [-0.4, -0.2) is 38.6 Å². The third-order valence-electron chi connectivity index (χ3n) is 1.62. The minimum absolute atomic E-state index is 0.109. The number of aromatic nitrogens is 2. The number of hydrogen-bond acceptors (Lipinski definition) is 6. The van der Waals surface area contributed by atoms with E-state index in [0.29, 0.717) is 5.03 Å². The van der Waals surface area contributed by atoms with E-state index in [0.717, 1.165) is 11.8 Å². The molecule has 0 aliphatic carbocycles. The van der Waals surface area contributed by atoms with Crippen LogP contribution in [0.4, 0.5) is 0 Å². The molecule has 0 saturated carbocycles. The molecule has 1 heterocycles. The van der Waals surface area contributed by atoms with Gasteiger partial charge >= 0.3 is 11.9 Å². The molecule has 18 heavy (non-hydrogen) atoms. The second-order valence-electron chi connectivity index (χ2n) is 4.44. The summed E-state index contributed by atoms with van der Waals surface area (Å²) in [6.45, 7) is 5.37. The van der Waals surface area contributed by atoms with Gasteiger partial charge in [0.25, 0.3) is 0 Å². The Hall–Kier alpha value is -1.63. The molecule has 0 radical (unpaired) electrons. The van der Waals surface area contributed by atoms with Crippen molar-refractivity contribution in [3.63, 3.8) is 0 Å². The summed E-state index contributed by atoms with van der Waals surface area (Å²) in [5.74, 6) is -1.37. The molecule has 98 valence electrons. The van der Waals surface area contributed by atoms with Gasteiger partial charge in [-0.3, -0.25) is 4.79 Å². The zero-order valence-electron chi connectivity index (χ0n) is 10.3. The predicted octanol–water partition coefficient (Wildman–Crippen LogP) is 1.61. The Morgan fingerprint density at radius 2 is 2.00 bits per heavy atom. The predicted molar refractivity (Wildman–Crippen MR) is 65.6 cm³/mol. The standard InChI is InChI=1S/C11H14N2O4S/c1-11(2,3)17-9(14)6-18-8-5-4-7(10(15)16)12-13-8/h4-5H,6H2,1-3H3,(H,15,16). The smallest absolute Gasteiger partial charge is 0.356 e. The Kier molecular flexibility index (Phi) is 4.66. The van der Waals surface area contributed by atoms with Crippen LogP contribution >= 0.6 is 11.8 Å². The van der Waals surface area contributed by atoms with Crippen molar-refractivity contribution in [3.05, 3.63) is 17.8 Å². The zero-order chi connectivity index (χ0) is 13.8. The highest BCUT2D eigenvalue weighted by Gasteiger charge is 2.16. The van der Waals surface area contributed by atoms with Gasteiger partial charge in [-0.25, -0.2) is 4.79 Å². The van der Waals surface area contributed by atoms with E-state index >= 15 is 0 Å². The van der Waals surface area contributed by atoms with Crippen molar-refractivity contribution >= 4 is 23.7 Å². The van der Waals surface area contributed by atoms with Crippen LogP contribution in [-0.2, 0) is 9.53 Å². The van der Waals surface area contributed by atoms with Gasteiger partial charge in [0, 0.05) is 0 Å². The first kappa shape index (κ1) is 14.4. The second kappa shape index (κ2) is 5.81. The van der Waals surface area contributed by atoms with E-state index in [-0.39, 0.29) is 17.4 Å². The van der Waals surface area contributed by atoms with Gasteiger partial charge in [-0.15, -0.1) is 10.2 Å². The highest BCUT2D eigenvalue weighted by molar-refractivity contribution is 7.99. The topological polar surface area (TPSA) is 89.4 Å². The van der Waals surface area contributed by atoms with Crippen molar-refractivity contribution in [3.8, 4) is 0 Å². The minimum Gasteiger partial charge on any atom is -0.476 e. The lowest BCUT2D eigenvalue weighted by Gasteiger charge is -2.19. The second-order valence-corrected chi connectivity index (χ2v) is 5.43. The molecular weight excluding hydrogens is 256 g/mol. The molecule has 0 aliphatic rings. The van der Waals surface area contributed by atoms with Gasteiger partial charge in [0.05, 0.1) is 5.75 Å². The molecule has 1 aromatic rings. The third kappa shape index (κ3) is 5.13. The number of carboxylic acids is 1. The van der Waals surface area contributed by atoms with Crippen LogP contribution in [0, 0.1) is 0 Å². The van der Waals surface area contributed by atoms with Crippen LogP contribution < -0.4 is 0 Å². The van der Waals surface area contributed by atoms with E-state index in [1.54, 1.807) is 20.8 Å². The maximum atomic E-state index is 11.4. The molecule has 0 unspecified atom stereocenters. The molecule has 0 fully saturated rings. The maximum Gasteiger partial charge on any atom is 0.356 e. The minimum atomic E-state index is -1.13. The molecule has 1 aromatic heterocycles. The van der Waals surface area contributed by atoms with Crippen LogP contribution in [0.2, 0.25) is 0 Å². The van der Waals surface area contributed by atoms with E-state index in [9.17, 15) is 9.59 Å². The van der Waals surface area contributed by atoms with Gasteiger partial charge in [0.15, 0.2) is 5.69 Å². The number of hydrogen-bond donors (Lipinski definition) is 1. The summed E-state index contributed by atoms with van der Waals surface area (Å²) < 4.78 is 5.12. The number of ether oxygens (including phenoxy) is 1. The lowest BCUT2D eigenvalue weighted by molar-refractivity contribution is -0.151. The first-order valence-corrected chi connectivity index (χ1v) is 6.18. The van der Waals surface area contributed by atoms with E-state index in [4.69, 9.17) is 9.84 Å². The molecule has 0 aromatic carbocycles. The Bertz CT molecular complexity index is 439. The van der Waals surface area contributed by atoms with E-state index in [1.165, 1.54) is 12.1 Å². The normalized spacial score (nSPS) is 11.1. The molecule has 0 saturated heterocycles. The Balaban J connectivity index is 2.49. The summed E-state index contributed by atoms with van der Waals surface area (Å²) in [5.41, 5.74) is -0.646. The third-order valence-corrected chi connectivity index (χ3v) is 2.51. The maximum absolute atomic E-state index is 11.4. The summed E-state index contributed by atoms with van der Waals surface area (Å²) in [6, 6.07) is 2.85. The monoisotopic (exact) mass is 270 g/mol. The fourth-order valence-electron chi connectivity index (χ4n) is 1.01. The quantitative estimate of drug-likeness (QED) is 0.656. The number of esters is 1. The van der Waals surface area contributed by atoms with Gasteiger partial charge in [-0.2, -0.15) is 0 Å². The highest BCUT2D eigenvalue weighted by Crippen LogP contribution is 2.16. The summed E-state index contributed by atoms with van der Waals surface area (Å²) in [6.07, 6.45) is 0. The average Bonchev–Trinajstić information content (AvgIpc) is 2.24. The Morgan fingerprint density at radius 1 is 1.33 bits per heavy atom. The first-order chi connectivity index (χ1) is 8.28.